The van der Waals surface area contributed by atoms with Gasteiger partial charge in [0.2, 0.25) is 0 Å². The SMILES string of the molecule is [2H]c1c([2H])c([2H])c(C(c2c([2H])c([2H])c([2H])c([2H])c2[2H])[S@](=O)CC(=O)O)c([2H])c1[2H]. The molecule has 0 bridgehead atoms. The van der Waals surface area contributed by atoms with Gasteiger partial charge in [-0.2, -0.15) is 0 Å². The number of aliphatic carboxylic acids is 1. The molecule has 0 aromatic heterocycles. The molecule has 1 atom stereocenters. The number of carboxylic acid groups (broad SMARTS) is 1. The summed E-state index contributed by atoms with van der Waals surface area (Å²) in [5.74, 6) is -2.57. The molecule has 0 radical (unpaired) electrons. The van der Waals surface area contributed by atoms with Crippen molar-refractivity contribution in [2.24, 2.45) is 0 Å². The summed E-state index contributed by atoms with van der Waals surface area (Å²) in [6, 6.07) is -7.83. The molecule has 0 aliphatic heterocycles. The number of benzene rings is 2. The lowest BCUT2D eigenvalue weighted by atomic mass is 10.0. The molecule has 0 unspecified atom stereocenters. The summed E-state index contributed by atoms with van der Waals surface area (Å²) in [7, 11) is -2.51. The van der Waals surface area contributed by atoms with E-state index >= 15 is 0 Å². The Morgan fingerprint density at radius 1 is 1.05 bits per heavy atom. The first-order valence-corrected chi connectivity index (χ1v) is 6.43. The largest absolute Gasteiger partial charge is 0.481 e. The first-order chi connectivity index (χ1) is 13.3. The molecule has 1 N–H and O–H groups in total. The molecule has 0 aliphatic rings. The Bertz CT molecular complexity index is 928. The maximum atomic E-state index is 12.8. The monoisotopic (exact) mass is 284 g/mol. The Hall–Kier alpha value is -1.94. The highest BCUT2D eigenvalue weighted by atomic mass is 32.2. The first kappa shape index (κ1) is 5.59. The van der Waals surface area contributed by atoms with Crippen molar-refractivity contribution in [1.29, 1.82) is 0 Å². The van der Waals surface area contributed by atoms with Crippen LogP contribution in [0.2, 0.25) is 0 Å². The molecule has 0 fully saturated rings. The minimum atomic E-state index is -2.51. The highest BCUT2D eigenvalue weighted by molar-refractivity contribution is 7.86. The van der Waals surface area contributed by atoms with Gasteiger partial charge in [-0.1, -0.05) is 60.4 Å². The van der Waals surface area contributed by atoms with Crippen molar-refractivity contribution >= 4 is 16.8 Å². The van der Waals surface area contributed by atoms with Gasteiger partial charge in [0.15, 0.2) is 0 Å². The van der Waals surface area contributed by atoms with Gasteiger partial charge in [-0.25, -0.2) is 0 Å². The van der Waals surface area contributed by atoms with Crippen LogP contribution in [-0.2, 0) is 15.6 Å². The second-order valence-electron chi connectivity index (χ2n) is 3.38. The molecular formula is C15H14O3S. The maximum Gasteiger partial charge on any atom is 0.316 e. The van der Waals surface area contributed by atoms with Crippen molar-refractivity contribution < 1.29 is 27.8 Å². The molecule has 0 amide bonds. The van der Waals surface area contributed by atoms with E-state index in [1.165, 1.54) is 0 Å². The smallest absolute Gasteiger partial charge is 0.316 e. The summed E-state index contributed by atoms with van der Waals surface area (Å²) in [6.45, 7) is 0. The zero-order chi connectivity index (χ0) is 22.4. The van der Waals surface area contributed by atoms with Crippen LogP contribution < -0.4 is 0 Å². The van der Waals surface area contributed by atoms with Crippen LogP contribution in [0.25, 0.3) is 0 Å². The van der Waals surface area contributed by atoms with Gasteiger partial charge in [-0.15, -0.1) is 0 Å². The number of rotatable bonds is 5. The van der Waals surface area contributed by atoms with E-state index in [0.717, 1.165) is 0 Å². The fourth-order valence-corrected chi connectivity index (χ4v) is 2.57. The standard InChI is InChI=1S/C15H14O3S/c16-14(17)11-19(18)15(12-7-3-1-4-8-12)13-9-5-2-6-10-13/h1-10,15H,11H2,(H,16,17)/t19-/m1/s1/i1D,2D,3D,4D,5D,6D,7D,8D,9D,10D. The summed E-state index contributed by atoms with van der Waals surface area (Å²) in [6.07, 6.45) is 0. The maximum absolute atomic E-state index is 12.8. The number of hydrogen-bond acceptors (Lipinski definition) is 2. The molecule has 0 aliphatic carbocycles. The molecule has 0 heterocycles. The van der Waals surface area contributed by atoms with Gasteiger partial charge in [0.1, 0.15) is 5.75 Å². The van der Waals surface area contributed by atoms with E-state index in [4.69, 9.17) is 18.8 Å². The Labute approximate surface area is 128 Å². The normalized spacial score (nSPS) is 19.6. The van der Waals surface area contributed by atoms with Gasteiger partial charge in [0.25, 0.3) is 0 Å². The number of hydrogen-bond donors (Lipinski definition) is 1. The van der Waals surface area contributed by atoms with Crippen LogP contribution in [0.5, 0.6) is 0 Å². The Morgan fingerprint density at radius 2 is 1.47 bits per heavy atom. The van der Waals surface area contributed by atoms with Crippen molar-refractivity contribution in [3.63, 3.8) is 0 Å². The lowest BCUT2D eigenvalue weighted by Crippen LogP contribution is -2.17. The second-order valence-corrected chi connectivity index (χ2v) is 4.90. The number of carbonyl (C=O) groups is 1. The highest BCUT2D eigenvalue weighted by Gasteiger charge is 2.22. The van der Waals surface area contributed by atoms with Crippen LogP contribution in [0, 0.1) is 0 Å². The van der Waals surface area contributed by atoms with Crippen molar-refractivity contribution in [3.05, 3.63) is 71.6 Å². The van der Waals surface area contributed by atoms with Gasteiger partial charge in [0, 0.05) is 10.8 Å². The van der Waals surface area contributed by atoms with Gasteiger partial charge in [0.05, 0.1) is 19.0 Å². The first-order valence-electron chi connectivity index (χ1n) is 10.0. The second kappa shape index (κ2) is 6.29. The van der Waals surface area contributed by atoms with E-state index in [2.05, 4.69) is 0 Å². The van der Waals surface area contributed by atoms with Crippen molar-refractivity contribution in [2.45, 2.75) is 5.25 Å². The average Bonchev–Trinajstić information content (AvgIpc) is 2.66. The summed E-state index contributed by atoms with van der Waals surface area (Å²) in [5.41, 5.74) is -1.21. The van der Waals surface area contributed by atoms with Crippen LogP contribution in [0.15, 0.2) is 60.4 Å². The van der Waals surface area contributed by atoms with E-state index in [-0.39, 0.29) is 0 Å². The van der Waals surface area contributed by atoms with Crippen LogP contribution >= 0.6 is 0 Å². The molecule has 0 saturated carbocycles. The minimum absolute atomic E-state index is 0.603. The quantitative estimate of drug-likeness (QED) is 0.918. The molecular weight excluding hydrogens is 260 g/mol. The zero-order valence-corrected chi connectivity index (χ0v) is 10.3. The predicted molar refractivity (Wildman–Crippen MR) is 75.4 cm³/mol. The van der Waals surface area contributed by atoms with Gasteiger partial charge >= 0.3 is 5.97 Å². The predicted octanol–water partition coefficient (Wildman–Crippen LogP) is 2.61. The molecule has 4 heteroatoms. The summed E-state index contributed by atoms with van der Waals surface area (Å²) >= 11 is 0. The fraction of sp³-hybridized carbons (Fsp3) is 0.133. The van der Waals surface area contributed by atoms with Crippen molar-refractivity contribution in [1.82, 2.24) is 0 Å². The summed E-state index contributed by atoms with van der Waals surface area (Å²) in [5, 5.41) is 7.17. The van der Waals surface area contributed by atoms with E-state index in [9.17, 15) is 9.00 Å². The molecule has 2 aromatic rings. The summed E-state index contributed by atoms with van der Waals surface area (Å²) < 4.78 is 91.6. The zero-order valence-electron chi connectivity index (χ0n) is 19.5. The van der Waals surface area contributed by atoms with Crippen LogP contribution in [0.4, 0.5) is 0 Å². The van der Waals surface area contributed by atoms with Crippen LogP contribution in [0.3, 0.4) is 0 Å². The van der Waals surface area contributed by atoms with Gasteiger partial charge < -0.3 is 5.11 Å². The molecule has 2 rings (SSSR count). The lowest BCUT2D eigenvalue weighted by molar-refractivity contribution is -0.133. The van der Waals surface area contributed by atoms with Crippen LogP contribution in [-0.4, -0.2) is 21.0 Å². The molecule has 2 aromatic carbocycles. The van der Waals surface area contributed by atoms with E-state index < -0.39 is 99.3 Å². The van der Waals surface area contributed by atoms with Gasteiger partial charge in [-0.05, 0) is 11.1 Å². The summed E-state index contributed by atoms with van der Waals surface area (Å²) in [4.78, 5) is 11.1. The Balaban J connectivity index is 3.01. The van der Waals surface area contributed by atoms with E-state index in [0.29, 0.717) is 0 Å². The Kier molecular flexibility index (Phi) is 1.85. The van der Waals surface area contributed by atoms with Crippen LogP contribution in [0.1, 0.15) is 30.1 Å². The molecule has 0 saturated heterocycles. The third-order valence-corrected chi connectivity index (χ3v) is 3.62. The average molecular weight is 284 g/mol. The minimum Gasteiger partial charge on any atom is -0.481 e. The van der Waals surface area contributed by atoms with E-state index in [1.54, 1.807) is 0 Å². The lowest BCUT2D eigenvalue weighted by Gasteiger charge is -2.16. The van der Waals surface area contributed by atoms with Crippen molar-refractivity contribution in [3.8, 4) is 0 Å². The third-order valence-electron chi connectivity index (χ3n) is 2.09. The van der Waals surface area contributed by atoms with Crippen molar-refractivity contribution in [2.75, 3.05) is 5.75 Å². The molecule has 0 spiro atoms. The topological polar surface area (TPSA) is 54.4 Å². The molecule has 3 nitrogen and oxygen atoms in total. The number of carboxylic acids is 1. The molecule has 98 valence electrons. The third kappa shape index (κ3) is 3.51. The molecule has 19 heavy (non-hydrogen) atoms. The fourth-order valence-electron chi connectivity index (χ4n) is 1.39. The van der Waals surface area contributed by atoms with E-state index in [1.807, 2.05) is 0 Å². The van der Waals surface area contributed by atoms with Gasteiger partial charge in [-0.3, -0.25) is 9.00 Å². The Morgan fingerprint density at radius 3 is 1.84 bits per heavy atom. The highest BCUT2D eigenvalue weighted by Crippen LogP contribution is 2.28.